The first kappa shape index (κ1) is 15.0. The molecule has 0 N–H and O–H groups in total. The highest BCUT2D eigenvalue weighted by Crippen LogP contribution is 2.40. The minimum Gasteiger partial charge on any atom is -0.302 e. The van der Waals surface area contributed by atoms with Crippen molar-refractivity contribution in [3.05, 3.63) is 35.9 Å². The summed E-state index contributed by atoms with van der Waals surface area (Å²) in [7, 11) is -3.00. The first-order chi connectivity index (χ1) is 10.0. The highest BCUT2D eigenvalue weighted by atomic mass is 32.2. The number of rotatable bonds is 5. The van der Waals surface area contributed by atoms with Crippen LogP contribution in [0.25, 0.3) is 0 Å². The van der Waals surface area contributed by atoms with E-state index < -0.39 is 10.0 Å². The molecule has 0 aromatic heterocycles. The molecule has 0 bridgehead atoms. The van der Waals surface area contributed by atoms with E-state index in [4.69, 9.17) is 0 Å². The Hall–Kier alpha value is -0.910. The summed E-state index contributed by atoms with van der Waals surface area (Å²) < 4.78 is 25.6. The standard InChI is InChI=1S/C16H24N2O2S/c1-2-21(19,20)18-11-9-16(14-18)12-17(13-16)10-8-15-6-4-3-5-7-15/h3-7H,2,8-14H2,1H3. The van der Waals surface area contributed by atoms with Crippen LogP contribution in [0.4, 0.5) is 0 Å². The lowest BCUT2D eigenvalue weighted by Crippen LogP contribution is -2.58. The van der Waals surface area contributed by atoms with E-state index in [2.05, 4.69) is 29.2 Å². The van der Waals surface area contributed by atoms with Gasteiger partial charge in [0.2, 0.25) is 10.0 Å². The summed E-state index contributed by atoms with van der Waals surface area (Å²) in [4.78, 5) is 2.45. The Kier molecular flexibility index (Phi) is 4.08. The summed E-state index contributed by atoms with van der Waals surface area (Å²) in [6.07, 6.45) is 2.10. The van der Waals surface area contributed by atoms with Crippen LogP contribution in [0.3, 0.4) is 0 Å². The minimum absolute atomic E-state index is 0.223. The van der Waals surface area contributed by atoms with Crippen LogP contribution < -0.4 is 0 Å². The molecule has 0 radical (unpaired) electrons. The zero-order valence-electron chi connectivity index (χ0n) is 12.7. The van der Waals surface area contributed by atoms with Crippen molar-refractivity contribution in [2.45, 2.75) is 19.8 Å². The first-order valence-electron chi connectivity index (χ1n) is 7.77. The van der Waals surface area contributed by atoms with Crippen LogP contribution in [0.5, 0.6) is 0 Å². The lowest BCUT2D eigenvalue weighted by Gasteiger charge is -2.48. The van der Waals surface area contributed by atoms with Crippen LogP contribution in [0.1, 0.15) is 18.9 Å². The molecule has 2 aliphatic heterocycles. The molecular formula is C16H24N2O2S. The molecule has 3 rings (SSSR count). The van der Waals surface area contributed by atoms with Crippen molar-refractivity contribution >= 4 is 10.0 Å². The topological polar surface area (TPSA) is 40.6 Å². The molecule has 2 heterocycles. The van der Waals surface area contributed by atoms with E-state index in [0.29, 0.717) is 6.54 Å². The third-order valence-electron chi connectivity index (χ3n) is 4.84. The monoisotopic (exact) mass is 308 g/mol. The zero-order valence-corrected chi connectivity index (χ0v) is 13.5. The van der Waals surface area contributed by atoms with Gasteiger partial charge in [0.1, 0.15) is 0 Å². The number of hydrogen-bond donors (Lipinski definition) is 0. The molecule has 21 heavy (non-hydrogen) atoms. The number of nitrogens with zero attached hydrogens (tertiary/aromatic N) is 2. The van der Waals surface area contributed by atoms with E-state index in [1.54, 1.807) is 11.2 Å². The Balaban J connectivity index is 1.48. The molecule has 0 saturated carbocycles. The summed E-state index contributed by atoms with van der Waals surface area (Å²) in [6.45, 7) is 6.35. The molecule has 116 valence electrons. The van der Waals surface area contributed by atoms with Gasteiger partial charge in [-0.3, -0.25) is 0 Å². The number of hydrogen-bond acceptors (Lipinski definition) is 3. The first-order valence-corrected chi connectivity index (χ1v) is 9.38. The van der Waals surface area contributed by atoms with Crippen molar-refractivity contribution < 1.29 is 8.42 Å². The van der Waals surface area contributed by atoms with Gasteiger partial charge in [0.15, 0.2) is 0 Å². The Morgan fingerprint density at radius 3 is 2.52 bits per heavy atom. The second-order valence-corrected chi connectivity index (χ2v) is 8.69. The molecular weight excluding hydrogens is 284 g/mol. The van der Waals surface area contributed by atoms with Gasteiger partial charge in [0.25, 0.3) is 0 Å². The molecule has 1 aromatic carbocycles. The van der Waals surface area contributed by atoms with Crippen LogP contribution in [0, 0.1) is 5.41 Å². The summed E-state index contributed by atoms with van der Waals surface area (Å²) in [5, 5.41) is 0. The van der Waals surface area contributed by atoms with Gasteiger partial charge < -0.3 is 4.90 Å². The van der Waals surface area contributed by atoms with E-state index in [-0.39, 0.29) is 11.2 Å². The van der Waals surface area contributed by atoms with Crippen LogP contribution in [0.15, 0.2) is 30.3 Å². The van der Waals surface area contributed by atoms with Crippen molar-refractivity contribution in [3.63, 3.8) is 0 Å². The molecule has 2 saturated heterocycles. The van der Waals surface area contributed by atoms with E-state index in [1.807, 2.05) is 6.07 Å². The van der Waals surface area contributed by atoms with Crippen molar-refractivity contribution in [1.29, 1.82) is 0 Å². The number of sulfonamides is 1. The fraction of sp³-hybridized carbons (Fsp3) is 0.625. The quantitative estimate of drug-likeness (QED) is 0.829. The van der Waals surface area contributed by atoms with Gasteiger partial charge in [-0.25, -0.2) is 12.7 Å². The van der Waals surface area contributed by atoms with E-state index in [0.717, 1.165) is 39.0 Å². The minimum atomic E-state index is -3.00. The Bertz CT molecular complexity index is 580. The highest BCUT2D eigenvalue weighted by Gasteiger charge is 2.49. The van der Waals surface area contributed by atoms with Gasteiger partial charge in [0.05, 0.1) is 5.75 Å². The molecule has 1 aromatic rings. The van der Waals surface area contributed by atoms with Crippen LogP contribution >= 0.6 is 0 Å². The van der Waals surface area contributed by atoms with Gasteiger partial charge in [-0.1, -0.05) is 30.3 Å². The number of likely N-dealkylation sites (tertiary alicyclic amines) is 1. The van der Waals surface area contributed by atoms with E-state index in [1.165, 1.54) is 5.56 Å². The lowest BCUT2D eigenvalue weighted by molar-refractivity contribution is 0.0142. The summed E-state index contributed by atoms with van der Waals surface area (Å²) in [5.74, 6) is 0.223. The van der Waals surface area contributed by atoms with E-state index in [9.17, 15) is 8.42 Å². The fourth-order valence-corrected chi connectivity index (χ4v) is 4.77. The fourth-order valence-electron chi connectivity index (χ4n) is 3.56. The summed E-state index contributed by atoms with van der Waals surface area (Å²) in [5.41, 5.74) is 1.61. The van der Waals surface area contributed by atoms with Gasteiger partial charge in [-0.2, -0.15) is 0 Å². The molecule has 0 unspecified atom stereocenters. The summed E-state index contributed by atoms with van der Waals surface area (Å²) in [6, 6.07) is 10.5. The molecule has 1 spiro atoms. The Labute approximate surface area is 127 Å². The van der Waals surface area contributed by atoms with Gasteiger partial charge in [0, 0.05) is 38.1 Å². The maximum absolute atomic E-state index is 11.9. The van der Waals surface area contributed by atoms with Crippen LogP contribution in [-0.4, -0.2) is 56.1 Å². The highest BCUT2D eigenvalue weighted by molar-refractivity contribution is 7.89. The molecule has 2 aliphatic rings. The summed E-state index contributed by atoms with van der Waals surface area (Å²) >= 11 is 0. The smallest absolute Gasteiger partial charge is 0.213 e. The molecule has 2 fully saturated rings. The van der Waals surface area contributed by atoms with Crippen molar-refractivity contribution in [1.82, 2.24) is 9.21 Å². The maximum atomic E-state index is 11.9. The average molecular weight is 308 g/mol. The normalized spacial score (nSPS) is 22.5. The van der Waals surface area contributed by atoms with Gasteiger partial charge in [-0.15, -0.1) is 0 Å². The largest absolute Gasteiger partial charge is 0.302 e. The predicted molar refractivity (Wildman–Crippen MR) is 84.7 cm³/mol. The third-order valence-corrected chi connectivity index (χ3v) is 6.67. The van der Waals surface area contributed by atoms with Crippen LogP contribution in [-0.2, 0) is 16.4 Å². The third kappa shape index (κ3) is 3.15. The molecule has 4 nitrogen and oxygen atoms in total. The van der Waals surface area contributed by atoms with Gasteiger partial charge >= 0.3 is 0 Å². The number of benzene rings is 1. The Morgan fingerprint density at radius 2 is 1.86 bits per heavy atom. The molecule has 0 amide bonds. The maximum Gasteiger partial charge on any atom is 0.213 e. The zero-order chi connectivity index (χ0) is 14.9. The SMILES string of the molecule is CCS(=O)(=O)N1CCC2(CN(CCc3ccccc3)C2)C1. The molecule has 5 heteroatoms. The second-order valence-electron chi connectivity index (χ2n) is 6.43. The van der Waals surface area contributed by atoms with Crippen molar-refractivity contribution in [3.8, 4) is 0 Å². The Morgan fingerprint density at radius 1 is 1.14 bits per heavy atom. The van der Waals surface area contributed by atoms with Gasteiger partial charge in [-0.05, 0) is 25.3 Å². The van der Waals surface area contributed by atoms with E-state index >= 15 is 0 Å². The van der Waals surface area contributed by atoms with Crippen molar-refractivity contribution in [2.75, 3.05) is 38.5 Å². The lowest BCUT2D eigenvalue weighted by atomic mass is 9.79. The predicted octanol–water partition coefficient (Wildman–Crippen LogP) is 1.59. The molecule has 0 aliphatic carbocycles. The van der Waals surface area contributed by atoms with Crippen LogP contribution in [0.2, 0.25) is 0 Å². The van der Waals surface area contributed by atoms with Crippen molar-refractivity contribution in [2.24, 2.45) is 5.41 Å². The molecule has 0 atom stereocenters. The second kappa shape index (κ2) is 5.71. The average Bonchev–Trinajstić information content (AvgIpc) is 2.91.